The third kappa shape index (κ3) is 3.13. The molecule has 126 valence electrons. The minimum absolute atomic E-state index is 0.238. The molecule has 0 atom stereocenters. The van der Waals surface area contributed by atoms with E-state index in [1.54, 1.807) is 20.3 Å². The number of fused-ring (bicyclic) bond motifs is 1. The molecule has 3 aromatic rings. The molecular weight excluding hydrogens is 412 g/mol. The van der Waals surface area contributed by atoms with Gasteiger partial charge in [0.15, 0.2) is 16.3 Å². The van der Waals surface area contributed by atoms with Crippen LogP contribution in [0.15, 0.2) is 33.0 Å². The topological polar surface area (TPSA) is 52.8 Å². The Bertz CT molecular complexity index is 972. The van der Waals surface area contributed by atoms with Crippen LogP contribution in [0.25, 0.3) is 10.2 Å². The molecular formula is C16H15BrN2O3S2. The average Bonchev–Trinajstić information content (AvgIpc) is 3.16. The van der Waals surface area contributed by atoms with Crippen molar-refractivity contribution in [2.75, 3.05) is 14.2 Å². The van der Waals surface area contributed by atoms with Crippen LogP contribution in [0.3, 0.4) is 0 Å². The largest absolute Gasteiger partial charge is 0.493 e. The van der Waals surface area contributed by atoms with Gasteiger partial charge in [-0.1, -0.05) is 11.3 Å². The highest BCUT2D eigenvalue weighted by molar-refractivity contribution is 9.11. The number of carbonyl (C=O) groups is 1. The van der Waals surface area contributed by atoms with E-state index in [0.29, 0.717) is 27.7 Å². The van der Waals surface area contributed by atoms with Crippen molar-refractivity contribution in [3.8, 4) is 11.5 Å². The zero-order chi connectivity index (χ0) is 17.3. The van der Waals surface area contributed by atoms with Crippen molar-refractivity contribution in [1.29, 1.82) is 0 Å². The zero-order valence-electron chi connectivity index (χ0n) is 13.3. The van der Waals surface area contributed by atoms with Crippen LogP contribution < -0.4 is 14.3 Å². The summed E-state index contributed by atoms with van der Waals surface area (Å²) in [6, 6.07) is 7.45. The summed E-state index contributed by atoms with van der Waals surface area (Å²) in [5, 5.41) is 0. The predicted molar refractivity (Wildman–Crippen MR) is 101 cm³/mol. The van der Waals surface area contributed by atoms with Crippen LogP contribution >= 0.6 is 38.6 Å². The smallest absolute Gasteiger partial charge is 0.289 e. The second-order valence-corrected chi connectivity index (χ2v) is 8.30. The molecule has 1 amide bonds. The molecule has 0 spiro atoms. The average molecular weight is 427 g/mol. The molecule has 0 aliphatic rings. The number of carbonyl (C=O) groups excluding carboxylic acids is 1. The number of rotatable bonds is 4. The normalized spacial score (nSPS) is 11.9. The molecule has 0 radical (unpaired) electrons. The lowest BCUT2D eigenvalue weighted by Crippen LogP contribution is -2.15. The number of halogens is 1. The van der Waals surface area contributed by atoms with Crippen LogP contribution in [0.4, 0.5) is 0 Å². The molecule has 5 nitrogen and oxygen atoms in total. The highest BCUT2D eigenvalue weighted by Gasteiger charge is 2.13. The highest BCUT2D eigenvalue weighted by Crippen LogP contribution is 2.33. The van der Waals surface area contributed by atoms with Crippen LogP contribution in [-0.4, -0.2) is 24.7 Å². The van der Waals surface area contributed by atoms with Gasteiger partial charge in [-0.25, -0.2) is 0 Å². The molecule has 0 aliphatic carbocycles. The van der Waals surface area contributed by atoms with E-state index < -0.39 is 0 Å². The highest BCUT2D eigenvalue weighted by atomic mass is 79.9. The van der Waals surface area contributed by atoms with E-state index in [-0.39, 0.29) is 5.91 Å². The van der Waals surface area contributed by atoms with Crippen LogP contribution in [0.1, 0.15) is 16.6 Å². The maximum absolute atomic E-state index is 12.4. The lowest BCUT2D eigenvalue weighted by Gasteiger charge is -2.08. The third-order valence-corrected chi connectivity index (χ3v) is 6.14. The Hall–Kier alpha value is -1.64. The van der Waals surface area contributed by atoms with Crippen molar-refractivity contribution in [3.05, 3.63) is 37.7 Å². The van der Waals surface area contributed by atoms with Gasteiger partial charge in [-0.15, -0.1) is 11.3 Å². The number of methoxy groups -OCH3 is 2. The monoisotopic (exact) mass is 426 g/mol. The van der Waals surface area contributed by atoms with E-state index in [2.05, 4.69) is 20.9 Å². The van der Waals surface area contributed by atoms with Crippen molar-refractivity contribution in [1.82, 2.24) is 4.57 Å². The molecule has 0 fully saturated rings. The molecule has 3 rings (SSSR count). The van der Waals surface area contributed by atoms with Crippen molar-refractivity contribution in [3.63, 3.8) is 0 Å². The number of aromatic nitrogens is 1. The fourth-order valence-corrected chi connectivity index (χ4v) is 4.73. The van der Waals surface area contributed by atoms with E-state index in [9.17, 15) is 4.79 Å². The lowest BCUT2D eigenvalue weighted by atomic mass is 10.3. The lowest BCUT2D eigenvalue weighted by molar-refractivity contribution is 0.100. The van der Waals surface area contributed by atoms with E-state index in [0.717, 1.165) is 14.0 Å². The molecule has 0 unspecified atom stereocenters. The summed E-state index contributed by atoms with van der Waals surface area (Å²) >= 11 is 6.20. The van der Waals surface area contributed by atoms with Gasteiger partial charge in [0.1, 0.15) is 0 Å². The zero-order valence-corrected chi connectivity index (χ0v) is 16.5. The Kier molecular flexibility index (Phi) is 5.07. The Morgan fingerprint density at radius 1 is 1.21 bits per heavy atom. The van der Waals surface area contributed by atoms with Crippen LogP contribution in [0.2, 0.25) is 0 Å². The number of hydrogen-bond acceptors (Lipinski definition) is 5. The molecule has 0 saturated carbocycles. The summed E-state index contributed by atoms with van der Waals surface area (Å²) in [6.45, 7) is 2.73. The number of benzene rings is 1. The molecule has 2 aromatic heterocycles. The number of ether oxygens (including phenoxy) is 2. The maximum atomic E-state index is 12.4. The molecule has 0 saturated heterocycles. The Morgan fingerprint density at radius 3 is 2.50 bits per heavy atom. The first-order valence-electron chi connectivity index (χ1n) is 7.17. The Balaban J connectivity index is 2.17. The van der Waals surface area contributed by atoms with Gasteiger partial charge in [0.25, 0.3) is 5.91 Å². The number of aryl methyl sites for hydroxylation is 1. The summed E-state index contributed by atoms with van der Waals surface area (Å²) in [6.07, 6.45) is 0. The number of thiazole rings is 1. The van der Waals surface area contributed by atoms with Crippen molar-refractivity contribution in [2.24, 2.45) is 4.99 Å². The number of hydrogen-bond donors (Lipinski definition) is 0. The fraction of sp³-hybridized carbons (Fsp3) is 0.250. The summed E-state index contributed by atoms with van der Waals surface area (Å²) in [4.78, 5) is 18.0. The van der Waals surface area contributed by atoms with Crippen LogP contribution in [0.5, 0.6) is 11.5 Å². The van der Waals surface area contributed by atoms with Gasteiger partial charge in [-0.05, 0) is 35.0 Å². The van der Waals surface area contributed by atoms with E-state index in [4.69, 9.17) is 9.47 Å². The summed E-state index contributed by atoms with van der Waals surface area (Å²) in [5.41, 5.74) is 0.971. The first kappa shape index (κ1) is 17.2. The summed E-state index contributed by atoms with van der Waals surface area (Å²) in [7, 11) is 3.21. The minimum atomic E-state index is -0.238. The van der Waals surface area contributed by atoms with Crippen molar-refractivity contribution >= 4 is 54.7 Å². The van der Waals surface area contributed by atoms with E-state index >= 15 is 0 Å². The third-order valence-electron chi connectivity index (χ3n) is 3.49. The first-order chi connectivity index (χ1) is 11.6. The minimum Gasteiger partial charge on any atom is -0.493 e. The summed E-state index contributed by atoms with van der Waals surface area (Å²) < 4.78 is 14.6. The van der Waals surface area contributed by atoms with Gasteiger partial charge in [-0.3, -0.25) is 4.79 Å². The Morgan fingerprint density at radius 2 is 1.92 bits per heavy atom. The van der Waals surface area contributed by atoms with Crippen molar-refractivity contribution in [2.45, 2.75) is 13.5 Å². The molecule has 0 N–H and O–H groups in total. The van der Waals surface area contributed by atoms with Gasteiger partial charge in [-0.2, -0.15) is 4.99 Å². The van der Waals surface area contributed by atoms with E-state index in [1.807, 2.05) is 29.7 Å². The molecule has 24 heavy (non-hydrogen) atoms. The van der Waals surface area contributed by atoms with Gasteiger partial charge < -0.3 is 14.0 Å². The fourth-order valence-electron chi connectivity index (χ4n) is 2.36. The van der Waals surface area contributed by atoms with Crippen LogP contribution in [0, 0.1) is 0 Å². The molecule has 1 aromatic carbocycles. The molecule has 8 heteroatoms. The van der Waals surface area contributed by atoms with Gasteiger partial charge in [0.05, 0.1) is 33.1 Å². The van der Waals surface area contributed by atoms with Crippen LogP contribution in [-0.2, 0) is 6.54 Å². The molecule has 0 bridgehead atoms. The quantitative estimate of drug-likeness (QED) is 0.624. The summed E-state index contributed by atoms with van der Waals surface area (Å²) in [5.74, 6) is 1.08. The molecule has 2 heterocycles. The van der Waals surface area contributed by atoms with Gasteiger partial charge in [0, 0.05) is 18.7 Å². The van der Waals surface area contributed by atoms with Crippen molar-refractivity contribution < 1.29 is 14.3 Å². The SMILES string of the molecule is CCn1c(=NC(=O)c2ccc(Br)s2)sc2cc(OC)c(OC)cc21. The Labute approximate surface area is 155 Å². The second kappa shape index (κ2) is 7.08. The van der Waals surface area contributed by atoms with E-state index in [1.165, 1.54) is 22.7 Å². The number of thiophene rings is 1. The maximum Gasteiger partial charge on any atom is 0.289 e. The number of amides is 1. The first-order valence-corrected chi connectivity index (χ1v) is 9.59. The number of nitrogens with zero attached hydrogens (tertiary/aromatic N) is 2. The predicted octanol–water partition coefficient (Wildman–Crippen LogP) is 4.31. The standard InChI is InChI=1S/C16H15BrN2O3S2/c1-4-19-9-7-10(21-2)11(22-3)8-13(9)24-16(19)18-15(20)12-5-6-14(17)23-12/h5-8H,4H2,1-3H3. The molecule has 0 aliphatic heterocycles. The van der Waals surface area contributed by atoms with Gasteiger partial charge >= 0.3 is 0 Å². The van der Waals surface area contributed by atoms with Gasteiger partial charge in [0.2, 0.25) is 0 Å². The second-order valence-electron chi connectivity index (χ2n) is 4.82.